The van der Waals surface area contributed by atoms with Gasteiger partial charge in [-0.1, -0.05) is 12.8 Å². The first-order valence-corrected chi connectivity index (χ1v) is 9.12. The molecule has 0 bridgehead atoms. The molecule has 2 saturated heterocycles. The van der Waals surface area contributed by atoms with Crippen LogP contribution in [0.2, 0.25) is 0 Å². The van der Waals surface area contributed by atoms with Crippen molar-refractivity contribution in [1.29, 1.82) is 0 Å². The monoisotopic (exact) mass is 346 g/mol. The number of carbonyl (C=O) groups is 2. The van der Waals surface area contributed by atoms with E-state index >= 15 is 0 Å². The van der Waals surface area contributed by atoms with Crippen LogP contribution in [0.25, 0.3) is 0 Å². The minimum atomic E-state index is -0.0564. The van der Waals surface area contributed by atoms with Crippen molar-refractivity contribution in [2.45, 2.75) is 25.7 Å². The first-order valence-electron chi connectivity index (χ1n) is 9.12. The van der Waals surface area contributed by atoms with Crippen LogP contribution >= 0.6 is 0 Å². The topological polar surface area (TPSA) is 70.8 Å². The van der Waals surface area contributed by atoms with E-state index in [0.717, 1.165) is 25.9 Å². The van der Waals surface area contributed by atoms with Gasteiger partial charge in [-0.2, -0.15) is 4.73 Å². The van der Waals surface area contributed by atoms with Crippen LogP contribution in [0.4, 0.5) is 0 Å². The minimum absolute atomic E-state index is 0.0564. The lowest BCUT2D eigenvalue weighted by Gasteiger charge is -2.35. The lowest BCUT2D eigenvalue weighted by molar-refractivity contribution is -0.605. The molecule has 25 heavy (non-hydrogen) atoms. The Morgan fingerprint density at radius 1 is 0.880 bits per heavy atom. The summed E-state index contributed by atoms with van der Waals surface area (Å²) in [4.78, 5) is 30.8. The average Bonchev–Trinajstić information content (AvgIpc) is 2.92. The molecule has 0 saturated carbocycles. The van der Waals surface area contributed by atoms with Crippen LogP contribution in [0.3, 0.4) is 0 Å². The van der Waals surface area contributed by atoms with Gasteiger partial charge in [0.15, 0.2) is 12.4 Å². The van der Waals surface area contributed by atoms with Crippen LogP contribution in [0.5, 0.6) is 0 Å². The maximum Gasteiger partial charge on any atom is 0.254 e. The summed E-state index contributed by atoms with van der Waals surface area (Å²) in [6.07, 6.45) is 7.32. The Morgan fingerprint density at radius 2 is 1.48 bits per heavy atom. The van der Waals surface area contributed by atoms with Crippen LogP contribution < -0.4 is 4.73 Å². The number of piperazine rings is 1. The summed E-state index contributed by atoms with van der Waals surface area (Å²) in [6.45, 7) is 4.84. The van der Waals surface area contributed by atoms with Gasteiger partial charge in [0.2, 0.25) is 5.91 Å². The van der Waals surface area contributed by atoms with Crippen molar-refractivity contribution in [3.05, 3.63) is 35.3 Å². The molecule has 7 heteroatoms. The van der Waals surface area contributed by atoms with Gasteiger partial charge in [-0.15, -0.1) is 0 Å². The van der Waals surface area contributed by atoms with Crippen molar-refractivity contribution in [1.82, 2.24) is 14.7 Å². The van der Waals surface area contributed by atoms with Crippen molar-refractivity contribution in [3.8, 4) is 0 Å². The van der Waals surface area contributed by atoms with Gasteiger partial charge in [-0.3, -0.25) is 14.5 Å². The van der Waals surface area contributed by atoms with Crippen molar-refractivity contribution in [2.75, 3.05) is 45.8 Å². The van der Waals surface area contributed by atoms with Crippen LogP contribution in [0.15, 0.2) is 24.5 Å². The highest BCUT2D eigenvalue weighted by molar-refractivity contribution is 5.94. The van der Waals surface area contributed by atoms with E-state index < -0.39 is 0 Å². The maximum atomic E-state index is 12.5. The molecule has 3 rings (SSSR count). The molecule has 2 amide bonds. The first-order chi connectivity index (χ1) is 12.1. The molecule has 1 aromatic heterocycles. The summed E-state index contributed by atoms with van der Waals surface area (Å²) in [5, 5.41) is 11.1. The summed E-state index contributed by atoms with van der Waals surface area (Å²) in [6, 6.07) is 3.09. The molecule has 2 fully saturated rings. The van der Waals surface area contributed by atoms with E-state index in [9.17, 15) is 14.8 Å². The molecular weight excluding hydrogens is 320 g/mol. The molecule has 136 valence electrons. The SMILES string of the molecule is O=C(CN1CCN(C(=O)c2cc[n+]([O-])cc2)CC1)N1CCCCCC1. The highest BCUT2D eigenvalue weighted by Crippen LogP contribution is 2.12. The Kier molecular flexibility index (Phi) is 5.86. The second-order valence-electron chi connectivity index (χ2n) is 6.81. The van der Waals surface area contributed by atoms with Crippen molar-refractivity contribution in [3.63, 3.8) is 0 Å². The van der Waals surface area contributed by atoms with Gasteiger partial charge < -0.3 is 15.0 Å². The number of likely N-dealkylation sites (tertiary alicyclic amines) is 1. The maximum absolute atomic E-state index is 12.5. The third kappa shape index (κ3) is 4.69. The molecule has 1 aromatic rings. The molecule has 0 aliphatic carbocycles. The highest BCUT2D eigenvalue weighted by Gasteiger charge is 2.25. The summed E-state index contributed by atoms with van der Waals surface area (Å²) in [5.74, 6) is 0.156. The van der Waals surface area contributed by atoms with Crippen LogP contribution in [-0.2, 0) is 4.79 Å². The lowest BCUT2D eigenvalue weighted by atomic mass is 10.2. The third-order valence-corrected chi connectivity index (χ3v) is 5.03. The Hall–Kier alpha value is -2.15. The van der Waals surface area contributed by atoms with Crippen LogP contribution in [0.1, 0.15) is 36.0 Å². The fraction of sp³-hybridized carbons (Fsp3) is 0.611. The zero-order valence-corrected chi connectivity index (χ0v) is 14.6. The Balaban J connectivity index is 1.47. The Bertz CT molecular complexity index is 589. The van der Waals surface area contributed by atoms with Gasteiger partial charge in [0.25, 0.3) is 5.91 Å². The smallest absolute Gasteiger partial charge is 0.254 e. The van der Waals surface area contributed by atoms with Crippen LogP contribution in [0, 0.1) is 5.21 Å². The quantitative estimate of drug-likeness (QED) is 0.590. The van der Waals surface area contributed by atoms with Gasteiger partial charge in [-0.25, -0.2) is 0 Å². The Labute approximate surface area is 148 Å². The first kappa shape index (κ1) is 17.7. The summed E-state index contributed by atoms with van der Waals surface area (Å²) in [7, 11) is 0. The minimum Gasteiger partial charge on any atom is -0.619 e. The van der Waals surface area contributed by atoms with Gasteiger partial charge >= 0.3 is 0 Å². The van der Waals surface area contributed by atoms with E-state index in [2.05, 4.69) is 4.90 Å². The Morgan fingerprint density at radius 3 is 2.08 bits per heavy atom. The number of aromatic nitrogens is 1. The molecule has 2 aliphatic heterocycles. The second kappa shape index (κ2) is 8.29. The fourth-order valence-electron chi connectivity index (χ4n) is 3.46. The predicted octanol–water partition coefficient (Wildman–Crippen LogP) is 0.480. The van der Waals surface area contributed by atoms with Crippen molar-refractivity contribution >= 4 is 11.8 Å². The molecule has 0 N–H and O–H groups in total. The number of hydrogen-bond donors (Lipinski definition) is 0. The van der Waals surface area contributed by atoms with Gasteiger partial charge in [0.1, 0.15) is 0 Å². The zero-order valence-electron chi connectivity index (χ0n) is 14.6. The average molecular weight is 346 g/mol. The molecule has 0 radical (unpaired) electrons. The van der Waals surface area contributed by atoms with E-state index in [1.54, 1.807) is 17.0 Å². The third-order valence-electron chi connectivity index (χ3n) is 5.03. The molecular formula is C18H26N4O3. The molecule has 0 atom stereocenters. The molecule has 2 aliphatic rings. The number of nitrogens with zero attached hydrogens (tertiary/aromatic N) is 4. The summed E-state index contributed by atoms with van der Waals surface area (Å²) >= 11 is 0. The molecule has 0 aromatic carbocycles. The number of carbonyl (C=O) groups excluding carboxylic acids is 2. The fourth-order valence-corrected chi connectivity index (χ4v) is 3.46. The highest BCUT2D eigenvalue weighted by atomic mass is 16.5. The second-order valence-corrected chi connectivity index (χ2v) is 6.81. The van der Waals surface area contributed by atoms with Crippen LogP contribution in [-0.4, -0.2) is 72.3 Å². The lowest BCUT2D eigenvalue weighted by Crippen LogP contribution is -2.51. The van der Waals surface area contributed by atoms with Crippen molar-refractivity contribution in [2.24, 2.45) is 0 Å². The molecule has 7 nitrogen and oxygen atoms in total. The zero-order chi connectivity index (χ0) is 17.6. The van der Waals surface area contributed by atoms with Gasteiger partial charge in [-0.05, 0) is 12.8 Å². The van der Waals surface area contributed by atoms with E-state index in [1.165, 1.54) is 25.2 Å². The van der Waals surface area contributed by atoms with Gasteiger partial charge in [0, 0.05) is 51.4 Å². The van der Waals surface area contributed by atoms with E-state index in [-0.39, 0.29) is 11.8 Å². The van der Waals surface area contributed by atoms with E-state index in [0.29, 0.717) is 43.0 Å². The molecule has 3 heterocycles. The van der Waals surface area contributed by atoms with E-state index in [4.69, 9.17) is 0 Å². The standard InChI is InChI=1S/C18H26N4O3/c23-17(20-7-3-1-2-4-8-20)15-19-11-13-21(14-12-19)18(24)16-5-9-22(25)10-6-16/h5-6,9-10H,1-4,7-8,11-15H2. The molecule has 0 unspecified atom stereocenters. The van der Waals surface area contributed by atoms with E-state index in [1.807, 2.05) is 4.90 Å². The summed E-state index contributed by atoms with van der Waals surface area (Å²) in [5.41, 5.74) is 0.529. The predicted molar refractivity (Wildman–Crippen MR) is 92.8 cm³/mol. The van der Waals surface area contributed by atoms with Gasteiger partial charge in [0.05, 0.1) is 12.1 Å². The number of rotatable bonds is 3. The number of amides is 2. The largest absolute Gasteiger partial charge is 0.619 e. The summed E-state index contributed by atoms with van der Waals surface area (Å²) < 4.78 is 0.670. The number of hydrogen-bond acceptors (Lipinski definition) is 4. The normalized spacial score (nSPS) is 19.5. The molecule has 0 spiro atoms. The number of pyridine rings is 1. The van der Waals surface area contributed by atoms with Crippen molar-refractivity contribution < 1.29 is 14.3 Å².